The van der Waals surface area contributed by atoms with Gasteiger partial charge in [-0.05, 0) is 52.0 Å². The lowest BCUT2D eigenvalue weighted by Crippen LogP contribution is -2.38. The minimum Gasteiger partial charge on any atom is -0.497 e. The van der Waals surface area contributed by atoms with Gasteiger partial charge in [0.05, 0.1) is 32.5 Å². The van der Waals surface area contributed by atoms with Gasteiger partial charge in [-0.1, -0.05) is 70.5 Å². The second-order valence-electron chi connectivity index (χ2n) is 9.79. The number of benzene rings is 3. The molecule has 0 radical (unpaired) electrons. The molecule has 0 aliphatic carbocycles. The molecule has 10 heteroatoms. The molecule has 2 heterocycles. The van der Waals surface area contributed by atoms with Crippen LogP contribution < -0.4 is 20.7 Å². The van der Waals surface area contributed by atoms with Gasteiger partial charge in [-0.3, -0.25) is 14.3 Å². The van der Waals surface area contributed by atoms with Crippen LogP contribution in [-0.2, 0) is 15.1 Å². The Kier molecular flexibility index (Phi) is 9.08. The van der Waals surface area contributed by atoms with E-state index in [-0.39, 0.29) is 18.6 Å². The van der Waals surface area contributed by atoms with Crippen LogP contribution in [0.5, 0.6) is 11.5 Å². The molecule has 5 rings (SSSR count). The lowest BCUT2D eigenvalue weighted by molar-refractivity contribution is -0.0944. The minimum atomic E-state index is -1.09. The van der Waals surface area contributed by atoms with Gasteiger partial charge in [-0.15, -0.1) is 0 Å². The molecule has 42 heavy (non-hydrogen) atoms. The Morgan fingerprint density at radius 1 is 0.952 bits per heavy atom. The zero-order chi connectivity index (χ0) is 29.7. The maximum Gasteiger partial charge on any atom is 0.330 e. The van der Waals surface area contributed by atoms with Gasteiger partial charge >= 0.3 is 5.69 Å². The average molecular weight is 636 g/mol. The highest BCUT2D eigenvalue weighted by atomic mass is 79.9. The second-order valence-corrected chi connectivity index (χ2v) is 10.3. The zero-order valence-corrected chi connectivity index (χ0v) is 24.7. The lowest BCUT2D eigenvalue weighted by atomic mass is 9.80. The number of rotatable bonds is 10. The summed E-state index contributed by atoms with van der Waals surface area (Å²) in [5, 5.41) is 11.0. The molecule has 3 aromatic carbocycles. The first kappa shape index (κ1) is 29.5. The van der Waals surface area contributed by atoms with Gasteiger partial charge in [-0.25, -0.2) is 4.79 Å². The van der Waals surface area contributed by atoms with Gasteiger partial charge in [0.25, 0.3) is 5.56 Å². The molecule has 9 nitrogen and oxygen atoms in total. The van der Waals surface area contributed by atoms with Crippen molar-refractivity contribution < 1.29 is 24.1 Å². The van der Waals surface area contributed by atoms with Crippen molar-refractivity contribution in [1.82, 2.24) is 9.55 Å². The first-order valence-electron chi connectivity index (χ1n) is 13.3. The zero-order valence-electron chi connectivity index (χ0n) is 23.1. The third kappa shape index (κ3) is 5.84. The highest BCUT2D eigenvalue weighted by Gasteiger charge is 2.42. The molecule has 218 valence electrons. The standard InChI is InChI=1S/C32H31BrN2O7/c1-39-25-12-8-23(9-13-25)32(22-6-4-3-5-7-22,24-10-14-26(40-2)15-11-24)41-20-28-27(36)18-29(42-28)35-19-21(16-17-33)30(37)34-31(35)38/h3-17,19,27-29,36H,18,20H2,1-2H3,(H,34,37,38)/b17-16+/t27-,28+,29+/m0/s1. The number of nitrogens with one attached hydrogen (secondary N) is 1. The van der Waals surface area contributed by atoms with Crippen molar-refractivity contribution in [2.24, 2.45) is 0 Å². The van der Waals surface area contributed by atoms with Gasteiger partial charge in [0, 0.05) is 12.6 Å². The van der Waals surface area contributed by atoms with E-state index in [1.807, 2.05) is 78.9 Å². The summed E-state index contributed by atoms with van der Waals surface area (Å²) in [4.78, 5) is 28.6. The fraction of sp³-hybridized carbons (Fsp3) is 0.250. The molecule has 0 saturated carbocycles. The molecule has 1 aliphatic heterocycles. The van der Waals surface area contributed by atoms with Gasteiger partial charge in [-0.2, -0.15) is 0 Å². The molecule has 0 amide bonds. The number of aliphatic hydroxyl groups excluding tert-OH is 1. The molecule has 2 N–H and O–H groups in total. The molecule has 1 fully saturated rings. The Balaban J connectivity index is 1.53. The molecule has 4 aromatic rings. The van der Waals surface area contributed by atoms with Crippen molar-refractivity contribution in [3.63, 3.8) is 0 Å². The van der Waals surface area contributed by atoms with E-state index in [9.17, 15) is 14.7 Å². The van der Waals surface area contributed by atoms with E-state index < -0.39 is 35.3 Å². The van der Waals surface area contributed by atoms with Crippen LogP contribution in [0.4, 0.5) is 0 Å². The van der Waals surface area contributed by atoms with Gasteiger partial charge in [0.15, 0.2) is 0 Å². The highest BCUT2D eigenvalue weighted by molar-refractivity contribution is 9.11. The molecule has 0 spiro atoms. The van der Waals surface area contributed by atoms with E-state index in [2.05, 4.69) is 20.9 Å². The predicted octanol–water partition coefficient (Wildman–Crippen LogP) is 4.58. The highest BCUT2D eigenvalue weighted by Crippen LogP contribution is 2.42. The minimum absolute atomic E-state index is 0.00309. The fourth-order valence-corrected chi connectivity index (χ4v) is 5.50. The van der Waals surface area contributed by atoms with E-state index in [1.54, 1.807) is 14.2 Å². The van der Waals surface area contributed by atoms with Crippen LogP contribution in [0, 0.1) is 0 Å². The van der Waals surface area contributed by atoms with E-state index in [0.717, 1.165) is 16.7 Å². The van der Waals surface area contributed by atoms with E-state index in [4.69, 9.17) is 18.9 Å². The number of nitrogens with zero attached hydrogens (tertiary/aromatic N) is 1. The van der Waals surface area contributed by atoms with Crippen LogP contribution in [0.25, 0.3) is 6.08 Å². The molecule has 3 atom stereocenters. The van der Waals surface area contributed by atoms with Crippen LogP contribution >= 0.6 is 15.9 Å². The number of hydrogen-bond acceptors (Lipinski definition) is 7. The SMILES string of the molecule is COc1ccc(C(OC[C@H]2O[C@@H](n3cc(/C=C/Br)c(=O)[nH]c3=O)C[C@@H]2O)(c2ccccc2)c2ccc(OC)cc2)cc1. The van der Waals surface area contributed by atoms with Crippen LogP contribution in [0.2, 0.25) is 0 Å². The van der Waals surface area contributed by atoms with Crippen LogP contribution in [0.15, 0.2) is 99.6 Å². The summed E-state index contributed by atoms with van der Waals surface area (Å²) in [5.41, 5.74) is 0.582. The Hall–Kier alpha value is -3.96. The summed E-state index contributed by atoms with van der Waals surface area (Å²) in [7, 11) is 3.23. The number of halogens is 1. The maximum atomic E-state index is 12.6. The van der Waals surface area contributed by atoms with Crippen molar-refractivity contribution >= 4 is 22.0 Å². The maximum absolute atomic E-state index is 12.6. The van der Waals surface area contributed by atoms with Crippen molar-refractivity contribution in [3.8, 4) is 11.5 Å². The van der Waals surface area contributed by atoms with Crippen LogP contribution in [0.3, 0.4) is 0 Å². The number of hydrogen-bond donors (Lipinski definition) is 2. The molecular weight excluding hydrogens is 604 g/mol. The number of H-pyrrole nitrogens is 1. The number of methoxy groups -OCH3 is 2. The number of ether oxygens (including phenoxy) is 4. The third-order valence-electron chi connectivity index (χ3n) is 7.39. The van der Waals surface area contributed by atoms with Crippen molar-refractivity contribution in [3.05, 3.63) is 133 Å². The number of aromatic amines is 1. The van der Waals surface area contributed by atoms with Gasteiger partial charge in [0.2, 0.25) is 0 Å². The summed E-state index contributed by atoms with van der Waals surface area (Å²) < 4.78 is 25.1. The van der Waals surface area contributed by atoms with Crippen molar-refractivity contribution in [2.45, 2.75) is 30.5 Å². The average Bonchev–Trinajstić information content (AvgIpc) is 3.39. The first-order valence-corrected chi connectivity index (χ1v) is 14.3. The monoisotopic (exact) mass is 634 g/mol. The molecule has 1 aromatic heterocycles. The summed E-state index contributed by atoms with van der Waals surface area (Å²) in [5.74, 6) is 1.40. The van der Waals surface area contributed by atoms with Crippen LogP contribution in [-0.4, -0.2) is 47.7 Å². The summed E-state index contributed by atoms with van der Waals surface area (Å²) >= 11 is 3.16. The molecular formula is C32H31BrN2O7. The fourth-order valence-electron chi connectivity index (χ4n) is 5.22. The first-order chi connectivity index (χ1) is 20.4. The molecule has 1 saturated heterocycles. The Labute approximate surface area is 251 Å². The topological polar surface area (TPSA) is 112 Å². The van der Waals surface area contributed by atoms with Crippen molar-refractivity contribution in [1.29, 1.82) is 0 Å². The summed E-state index contributed by atoms with van der Waals surface area (Å²) in [6, 6.07) is 25.1. The van der Waals surface area contributed by atoms with Gasteiger partial charge in [0.1, 0.15) is 29.4 Å². The van der Waals surface area contributed by atoms with E-state index in [0.29, 0.717) is 11.5 Å². The second kappa shape index (κ2) is 12.9. The van der Waals surface area contributed by atoms with E-state index in [1.165, 1.54) is 21.8 Å². The Morgan fingerprint density at radius 2 is 1.52 bits per heavy atom. The van der Waals surface area contributed by atoms with Crippen molar-refractivity contribution in [2.75, 3.05) is 20.8 Å². The predicted molar refractivity (Wildman–Crippen MR) is 162 cm³/mol. The smallest absolute Gasteiger partial charge is 0.330 e. The Bertz CT molecular complexity index is 1590. The van der Waals surface area contributed by atoms with Crippen LogP contribution in [0.1, 0.15) is 34.9 Å². The number of aliphatic hydroxyl groups is 1. The van der Waals surface area contributed by atoms with E-state index >= 15 is 0 Å². The molecule has 1 aliphatic rings. The summed E-state index contributed by atoms with van der Waals surface area (Å²) in [6.07, 6.45) is 0.600. The lowest BCUT2D eigenvalue weighted by Gasteiger charge is -2.37. The normalized spacial score (nSPS) is 18.8. The number of aromatic nitrogens is 2. The largest absolute Gasteiger partial charge is 0.497 e. The third-order valence-corrected chi connectivity index (χ3v) is 7.65. The quantitative estimate of drug-likeness (QED) is 0.246. The Morgan fingerprint density at radius 3 is 2.07 bits per heavy atom. The molecule has 0 unspecified atom stereocenters. The summed E-state index contributed by atoms with van der Waals surface area (Å²) in [6.45, 7) is -0.00309. The van der Waals surface area contributed by atoms with Gasteiger partial charge < -0.3 is 24.1 Å². The molecule has 0 bridgehead atoms.